The molecule has 0 aliphatic carbocycles. The molecule has 1 aromatic heterocycles. The minimum atomic E-state index is -2.04. The Bertz CT molecular complexity index is 1290. The Morgan fingerprint density at radius 3 is 2.06 bits per heavy atom. The maximum atomic E-state index is 6.94. The highest BCUT2D eigenvalue weighted by atomic mass is 28.4. The molecule has 4 aromatic rings. The van der Waals surface area contributed by atoms with Crippen LogP contribution in [0, 0.1) is 20.8 Å². The summed E-state index contributed by atoms with van der Waals surface area (Å²) in [6.45, 7) is 18.6. The molecule has 0 aliphatic rings. The highest BCUT2D eigenvalue weighted by Crippen LogP contribution is 2.43. The van der Waals surface area contributed by atoms with Gasteiger partial charge in [0.15, 0.2) is 0 Å². The number of fused-ring (bicyclic) bond motifs is 1. The zero-order valence-corrected chi connectivity index (χ0v) is 22.8. The molecule has 34 heavy (non-hydrogen) atoms. The van der Waals surface area contributed by atoms with Crippen LogP contribution in [0.3, 0.4) is 0 Å². The minimum Gasteiger partial charge on any atom is -0.542 e. The van der Waals surface area contributed by atoms with Crippen LogP contribution in [0.25, 0.3) is 10.9 Å². The molecule has 0 unspecified atom stereocenters. The minimum absolute atomic E-state index is 0.111. The summed E-state index contributed by atoms with van der Waals surface area (Å²) in [6, 6.07) is 23.3. The maximum absolute atomic E-state index is 6.94. The van der Waals surface area contributed by atoms with E-state index in [4.69, 9.17) is 9.16 Å². The van der Waals surface area contributed by atoms with E-state index in [0.29, 0.717) is 0 Å². The molecule has 3 nitrogen and oxygen atoms in total. The molecule has 0 N–H and O–H groups in total. The smallest absolute Gasteiger partial charge is 0.250 e. The lowest BCUT2D eigenvalue weighted by Gasteiger charge is -2.36. The Morgan fingerprint density at radius 2 is 1.44 bits per heavy atom. The molecule has 0 bridgehead atoms. The molecular formula is C30H37NO2Si. The van der Waals surface area contributed by atoms with Gasteiger partial charge in [-0.15, -0.1) is 0 Å². The fourth-order valence-corrected chi connectivity index (χ4v) is 5.15. The number of hydrogen-bond acceptors (Lipinski definition) is 2. The molecule has 178 valence electrons. The molecule has 0 saturated heterocycles. The van der Waals surface area contributed by atoms with Crippen molar-refractivity contribution in [3.63, 3.8) is 0 Å². The maximum Gasteiger partial charge on any atom is 0.250 e. The van der Waals surface area contributed by atoms with Crippen molar-refractivity contribution in [2.45, 2.75) is 66.2 Å². The number of hydrogen-bond donors (Lipinski definition) is 0. The van der Waals surface area contributed by atoms with Crippen molar-refractivity contribution in [2.75, 3.05) is 0 Å². The van der Waals surface area contributed by atoms with Gasteiger partial charge in [0.25, 0.3) is 8.32 Å². The first-order valence-corrected chi connectivity index (χ1v) is 15.0. The lowest BCUT2D eigenvalue weighted by molar-refractivity contribution is 0.475. The van der Waals surface area contributed by atoms with E-state index in [1.807, 2.05) is 0 Å². The lowest BCUT2D eigenvalue weighted by atomic mass is 10.1. The van der Waals surface area contributed by atoms with Crippen molar-refractivity contribution >= 4 is 19.2 Å². The van der Waals surface area contributed by atoms with Crippen LogP contribution >= 0.6 is 0 Å². The van der Waals surface area contributed by atoms with E-state index in [0.717, 1.165) is 46.0 Å². The third kappa shape index (κ3) is 4.65. The number of rotatable bonds is 6. The first-order valence-electron chi connectivity index (χ1n) is 12.1. The van der Waals surface area contributed by atoms with Crippen LogP contribution in [0.15, 0.2) is 66.7 Å². The standard InChI is InChI=1S/C30H37NO2Si/c1-21-13-12-14-22(2)28(21)32-25-17-18-27-26(19-25)29(33-34(7,8)30(4,5)6)23(3)31(27)20-24-15-10-9-11-16-24/h9-19H,20H2,1-8H3. The van der Waals surface area contributed by atoms with E-state index in [-0.39, 0.29) is 5.04 Å². The van der Waals surface area contributed by atoms with Gasteiger partial charge in [0.2, 0.25) is 0 Å². The summed E-state index contributed by atoms with van der Waals surface area (Å²) in [5, 5.41) is 1.22. The van der Waals surface area contributed by atoms with Crippen LogP contribution in [-0.4, -0.2) is 12.9 Å². The van der Waals surface area contributed by atoms with Crippen molar-refractivity contribution < 1.29 is 9.16 Å². The van der Waals surface area contributed by atoms with Gasteiger partial charge in [0.1, 0.15) is 17.2 Å². The topological polar surface area (TPSA) is 23.4 Å². The van der Waals surface area contributed by atoms with Gasteiger partial charge in [-0.05, 0) is 73.8 Å². The van der Waals surface area contributed by atoms with Crippen LogP contribution in [-0.2, 0) is 6.54 Å². The third-order valence-electron chi connectivity index (χ3n) is 7.21. The number of aromatic nitrogens is 1. The average Bonchev–Trinajstić information content (AvgIpc) is 3.01. The van der Waals surface area contributed by atoms with Crippen molar-refractivity contribution in [1.82, 2.24) is 4.57 Å². The Balaban J connectivity index is 1.84. The molecule has 0 atom stereocenters. The Kier molecular flexibility index (Phi) is 6.39. The quantitative estimate of drug-likeness (QED) is 0.262. The highest BCUT2D eigenvalue weighted by Gasteiger charge is 2.40. The van der Waals surface area contributed by atoms with Crippen molar-refractivity contribution in [1.29, 1.82) is 0 Å². The van der Waals surface area contributed by atoms with Crippen LogP contribution < -0.4 is 9.16 Å². The zero-order chi connectivity index (χ0) is 24.7. The Hall–Kier alpha value is -2.98. The monoisotopic (exact) mass is 471 g/mol. The molecule has 0 saturated carbocycles. The second-order valence-corrected chi connectivity index (χ2v) is 15.6. The van der Waals surface area contributed by atoms with Crippen molar-refractivity contribution in [3.8, 4) is 17.2 Å². The highest BCUT2D eigenvalue weighted by molar-refractivity contribution is 6.74. The van der Waals surface area contributed by atoms with Gasteiger partial charge < -0.3 is 13.7 Å². The van der Waals surface area contributed by atoms with E-state index < -0.39 is 8.32 Å². The van der Waals surface area contributed by atoms with E-state index in [1.165, 1.54) is 11.1 Å². The summed E-state index contributed by atoms with van der Waals surface area (Å²) in [4.78, 5) is 0. The number of ether oxygens (including phenoxy) is 1. The van der Waals surface area contributed by atoms with E-state index >= 15 is 0 Å². The first kappa shape index (κ1) is 24.2. The first-order chi connectivity index (χ1) is 16.0. The summed E-state index contributed by atoms with van der Waals surface area (Å²) in [6.07, 6.45) is 0. The normalized spacial score (nSPS) is 12.2. The molecule has 1 heterocycles. The van der Waals surface area contributed by atoms with Gasteiger partial charge in [0.05, 0.1) is 11.2 Å². The summed E-state index contributed by atoms with van der Waals surface area (Å²) >= 11 is 0. The van der Waals surface area contributed by atoms with Gasteiger partial charge in [-0.1, -0.05) is 69.3 Å². The predicted octanol–water partition coefficient (Wildman–Crippen LogP) is 8.79. The average molecular weight is 472 g/mol. The Morgan fingerprint density at radius 1 is 0.794 bits per heavy atom. The van der Waals surface area contributed by atoms with Crippen LogP contribution in [0.1, 0.15) is 43.2 Å². The van der Waals surface area contributed by atoms with Gasteiger partial charge in [-0.3, -0.25) is 0 Å². The molecule has 0 radical (unpaired) electrons. The largest absolute Gasteiger partial charge is 0.542 e. The van der Waals surface area contributed by atoms with Crippen molar-refractivity contribution in [2.24, 2.45) is 0 Å². The zero-order valence-electron chi connectivity index (χ0n) is 21.8. The van der Waals surface area contributed by atoms with E-state index in [2.05, 4.69) is 126 Å². The second-order valence-electron chi connectivity index (χ2n) is 10.9. The molecule has 3 aromatic carbocycles. The van der Waals surface area contributed by atoms with Gasteiger partial charge in [0, 0.05) is 11.9 Å². The number of nitrogens with zero attached hydrogens (tertiary/aromatic N) is 1. The van der Waals surface area contributed by atoms with Crippen LogP contribution in [0.4, 0.5) is 0 Å². The molecular weight excluding hydrogens is 434 g/mol. The Labute approximate surface area is 205 Å². The summed E-state index contributed by atoms with van der Waals surface area (Å²) in [5.41, 5.74) is 5.88. The SMILES string of the molecule is Cc1cccc(C)c1Oc1ccc2c(c1)c(O[Si](C)(C)C(C)(C)C)c(C)n2Cc1ccccc1. The molecule has 4 heteroatoms. The summed E-state index contributed by atoms with van der Waals surface area (Å²) in [5.74, 6) is 2.75. The van der Waals surface area contributed by atoms with Gasteiger partial charge in [-0.25, -0.2) is 0 Å². The van der Waals surface area contributed by atoms with Gasteiger partial charge in [-0.2, -0.15) is 0 Å². The summed E-state index contributed by atoms with van der Waals surface area (Å²) in [7, 11) is -2.04. The third-order valence-corrected chi connectivity index (χ3v) is 11.5. The lowest BCUT2D eigenvalue weighted by Crippen LogP contribution is -2.44. The van der Waals surface area contributed by atoms with Gasteiger partial charge >= 0.3 is 0 Å². The molecule has 0 spiro atoms. The number of benzene rings is 3. The van der Waals surface area contributed by atoms with E-state index in [9.17, 15) is 0 Å². The van der Waals surface area contributed by atoms with Crippen LogP contribution in [0.2, 0.25) is 18.1 Å². The molecule has 0 fully saturated rings. The van der Waals surface area contributed by atoms with E-state index in [1.54, 1.807) is 0 Å². The fraction of sp³-hybridized carbons (Fsp3) is 0.333. The molecule has 0 amide bonds. The van der Waals surface area contributed by atoms with Crippen LogP contribution in [0.5, 0.6) is 17.2 Å². The fourth-order valence-electron chi connectivity index (χ4n) is 4.08. The molecule has 0 aliphatic heterocycles. The van der Waals surface area contributed by atoms with Crippen molar-refractivity contribution in [3.05, 3.63) is 89.1 Å². The second kappa shape index (κ2) is 8.99. The summed E-state index contributed by atoms with van der Waals surface area (Å²) < 4.78 is 15.7. The predicted molar refractivity (Wildman–Crippen MR) is 146 cm³/mol. The number of aryl methyl sites for hydroxylation is 2. The molecule has 4 rings (SSSR count). The number of para-hydroxylation sites is 1.